The largest absolute Gasteiger partial charge is 0.222 e. The SMILES string of the molecule is Clc1cc(Cl)cc(-n2nccc2Cl)c1. The van der Waals surface area contributed by atoms with Crippen LogP contribution >= 0.6 is 34.8 Å². The normalized spacial score (nSPS) is 10.5. The van der Waals surface area contributed by atoms with Crippen molar-refractivity contribution in [3.05, 3.63) is 45.7 Å². The van der Waals surface area contributed by atoms with Crippen LogP contribution in [-0.2, 0) is 0 Å². The van der Waals surface area contributed by atoms with Crippen molar-refractivity contribution >= 4 is 34.8 Å². The maximum absolute atomic E-state index is 5.89. The van der Waals surface area contributed by atoms with E-state index in [1.54, 1.807) is 35.1 Å². The molecule has 0 saturated heterocycles. The molecule has 14 heavy (non-hydrogen) atoms. The molecule has 0 bridgehead atoms. The van der Waals surface area contributed by atoms with E-state index in [0.717, 1.165) is 5.69 Å². The van der Waals surface area contributed by atoms with Gasteiger partial charge in [-0.1, -0.05) is 34.8 Å². The van der Waals surface area contributed by atoms with Gasteiger partial charge in [-0.05, 0) is 24.3 Å². The van der Waals surface area contributed by atoms with E-state index in [-0.39, 0.29) is 0 Å². The lowest BCUT2D eigenvalue weighted by atomic mass is 10.3. The fourth-order valence-electron chi connectivity index (χ4n) is 1.14. The molecule has 0 fully saturated rings. The molecule has 1 aromatic heterocycles. The molecule has 2 rings (SSSR count). The predicted octanol–water partition coefficient (Wildman–Crippen LogP) is 3.83. The number of hydrogen-bond donors (Lipinski definition) is 0. The fraction of sp³-hybridized carbons (Fsp3) is 0. The van der Waals surface area contributed by atoms with Crippen LogP contribution in [0.2, 0.25) is 15.2 Å². The van der Waals surface area contributed by atoms with Gasteiger partial charge in [-0.15, -0.1) is 0 Å². The van der Waals surface area contributed by atoms with E-state index in [1.807, 2.05) is 0 Å². The summed E-state index contributed by atoms with van der Waals surface area (Å²) in [5, 5.41) is 5.66. The van der Waals surface area contributed by atoms with Gasteiger partial charge in [-0.25, -0.2) is 4.68 Å². The Kier molecular flexibility index (Phi) is 2.68. The minimum Gasteiger partial charge on any atom is -0.222 e. The smallest absolute Gasteiger partial charge is 0.132 e. The van der Waals surface area contributed by atoms with Gasteiger partial charge in [-0.3, -0.25) is 0 Å². The average Bonchev–Trinajstić information content (AvgIpc) is 2.49. The molecule has 0 radical (unpaired) electrons. The number of halogens is 3. The summed E-state index contributed by atoms with van der Waals surface area (Å²) >= 11 is 17.6. The number of nitrogens with zero attached hydrogens (tertiary/aromatic N) is 2. The van der Waals surface area contributed by atoms with Crippen molar-refractivity contribution in [1.82, 2.24) is 9.78 Å². The van der Waals surface area contributed by atoms with E-state index in [4.69, 9.17) is 34.8 Å². The first-order valence-electron chi connectivity index (χ1n) is 3.83. The highest BCUT2D eigenvalue weighted by Gasteiger charge is 2.04. The molecule has 72 valence electrons. The number of benzene rings is 1. The molecule has 0 atom stereocenters. The lowest BCUT2D eigenvalue weighted by Gasteiger charge is -2.04. The Labute approximate surface area is 96.0 Å². The molecule has 0 saturated carbocycles. The highest BCUT2D eigenvalue weighted by atomic mass is 35.5. The molecule has 0 unspecified atom stereocenters. The molecular weight excluding hydrogens is 242 g/mol. The van der Waals surface area contributed by atoms with Crippen molar-refractivity contribution in [2.45, 2.75) is 0 Å². The zero-order valence-electron chi connectivity index (χ0n) is 6.92. The van der Waals surface area contributed by atoms with Gasteiger partial charge >= 0.3 is 0 Å². The van der Waals surface area contributed by atoms with Crippen LogP contribution in [0.1, 0.15) is 0 Å². The second-order valence-corrected chi connectivity index (χ2v) is 3.95. The van der Waals surface area contributed by atoms with Gasteiger partial charge in [0.1, 0.15) is 5.15 Å². The van der Waals surface area contributed by atoms with E-state index >= 15 is 0 Å². The topological polar surface area (TPSA) is 17.8 Å². The van der Waals surface area contributed by atoms with Gasteiger partial charge in [0.15, 0.2) is 0 Å². The van der Waals surface area contributed by atoms with Crippen LogP contribution in [0.15, 0.2) is 30.5 Å². The average molecular weight is 248 g/mol. The van der Waals surface area contributed by atoms with Gasteiger partial charge in [0.25, 0.3) is 0 Å². The van der Waals surface area contributed by atoms with E-state index in [0.29, 0.717) is 15.2 Å². The molecule has 0 aliphatic rings. The van der Waals surface area contributed by atoms with Crippen molar-refractivity contribution in [3.63, 3.8) is 0 Å². The van der Waals surface area contributed by atoms with Crippen LogP contribution in [0.25, 0.3) is 5.69 Å². The number of hydrogen-bond acceptors (Lipinski definition) is 1. The van der Waals surface area contributed by atoms with Crippen molar-refractivity contribution < 1.29 is 0 Å². The first-order chi connectivity index (χ1) is 6.66. The summed E-state index contributed by atoms with van der Waals surface area (Å²) in [4.78, 5) is 0. The molecule has 0 N–H and O–H groups in total. The third kappa shape index (κ3) is 1.87. The monoisotopic (exact) mass is 246 g/mol. The van der Waals surface area contributed by atoms with Gasteiger partial charge < -0.3 is 0 Å². The van der Waals surface area contributed by atoms with Gasteiger partial charge in [-0.2, -0.15) is 5.10 Å². The lowest BCUT2D eigenvalue weighted by molar-refractivity contribution is 0.881. The minimum absolute atomic E-state index is 0.517. The summed E-state index contributed by atoms with van der Waals surface area (Å²) in [7, 11) is 0. The van der Waals surface area contributed by atoms with Gasteiger partial charge in [0.05, 0.1) is 11.9 Å². The highest BCUT2D eigenvalue weighted by molar-refractivity contribution is 6.35. The van der Waals surface area contributed by atoms with Crippen LogP contribution in [-0.4, -0.2) is 9.78 Å². The molecule has 1 aromatic carbocycles. The third-order valence-corrected chi connectivity index (χ3v) is 2.41. The maximum atomic E-state index is 5.89. The second kappa shape index (κ2) is 3.81. The van der Waals surface area contributed by atoms with Crippen LogP contribution in [0, 0.1) is 0 Å². The van der Waals surface area contributed by atoms with E-state index < -0.39 is 0 Å². The zero-order chi connectivity index (χ0) is 10.1. The molecular formula is C9H5Cl3N2. The van der Waals surface area contributed by atoms with Crippen molar-refractivity contribution in [3.8, 4) is 5.69 Å². The molecule has 2 aromatic rings. The highest BCUT2D eigenvalue weighted by Crippen LogP contribution is 2.23. The lowest BCUT2D eigenvalue weighted by Crippen LogP contribution is -1.95. The number of rotatable bonds is 1. The Morgan fingerprint density at radius 3 is 2.14 bits per heavy atom. The molecule has 0 amide bonds. The zero-order valence-corrected chi connectivity index (χ0v) is 9.18. The van der Waals surface area contributed by atoms with E-state index in [9.17, 15) is 0 Å². The summed E-state index contributed by atoms with van der Waals surface area (Å²) < 4.78 is 1.55. The van der Waals surface area contributed by atoms with Crippen molar-refractivity contribution in [2.75, 3.05) is 0 Å². The standard InChI is InChI=1S/C9H5Cl3N2/c10-6-3-7(11)5-8(4-6)14-9(12)1-2-13-14/h1-5H. The molecule has 0 spiro atoms. The van der Waals surface area contributed by atoms with Crippen molar-refractivity contribution in [2.24, 2.45) is 0 Å². The maximum Gasteiger partial charge on any atom is 0.132 e. The van der Waals surface area contributed by atoms with Crippen LogP contribution in [0.5, 0.6) is 0 Å². The summed E-state index contributed by atoms with van der Waals surface area (Å²) in [6.45, 7) is 0. The Bertz CT molecular complexity index is 445. The fourth-order valence-corrected chi connectivity index (χ4v) is 1.85. The molecule has 0 aliphatic heterocycles. The van der Waals surface area contributed by atoms with E-state index in [1.165, 1.54) is 0 Å². The predicted molar refractivity (Wildman–Crippen MR) is 58.6 cm³/mol. The second-order valence-electron chi connectivity index (χ2n) is 2.69. The Morgan fingerprint density at radius 2 is 1.64 bits per heavy atom. The Balaban J connectivity index is 2.57. The van der Waals surface area contributed by atoms with Crippen LogP contribution in [0.3, 0.4) is 0 Å². The molecule has 1 heterocycles. The quantitative estimate of drug-likeness (QED) is 0.749. The first-order valence-corrected chi connectivity index (χ1v) is 4.96. The molecule has 0 aliphatic carbocycles. The summed E-state index contributed by atoms with van der Waals surface area (Å²) in [6.07, 6.45) is 1.61. The Morgan fingerprint density at radius 1 is 1.00 bits per heavy atom. The molecule has 5 heteroatoms. The van der Waals surface area contributed by atoms with Gasteiger partial charge in [0.2, 0.25) is 0 Å². The summed E-state index contributed by atoms with van der Waals surface area (Å²) in [5.74, 6) is 0. The van der Waals surface area contributed by atoms with Crippen LogP contribution in [0.4, 0.5) is 0 Å². The van der Waals surface area contributed by atoms with Crippen LogP contribution < -0.4 is 0 Å². The third-order valence-electron chi connectivity index (χ3n) is 1.69. The Hall–Kier alpha value is -0.700. The van der Waals surface area contributed by atoms with Gasteiger partial charge in [0, 0.05) is 10.0 Å². The summed E-state index contributed by atoms with van der Waals surface area (Å²) in [6, 6.07) is 6.83. The number of aromatic nitrogens is 2. The van der Waals surface area contributed by atoms with Crippen molar-refractivity contribution in [1.29, 1.82) is 0 Å². The molecule has 2 nitrogen and oxygen atoms in total. The van der Waals surface area contributed by atoms with E-state index in [2.05, 4.69) is 5.10 Å². The first kappa shape index (κ1) is 9.84. The minimum atomic E-state index is 0.517. The summed E-state index contributed by atoms with van der Waals surface area (Å²) in [5.41, 5.74) is 0.748.